The van der Waals surface area contributed by atoms with E-state index in [1.54, 1.807) is 0 Å². The van der Waals surface area contributed by atoms with E-state index in [9.17, 15) is 0 Å². The van der Waals surface area contributed by atoms with Gasteiger partial charge < -0.3 is 11.5 Å². The number of rotatable bonds is 4. The molecule has 0 unspecified atom stereocenters. The number of nitrogens with two attached hydrogens (primary N) is 2. The summed E-state index contributed by atoms with van der Waals surface area (Å²) in [5.41, 5.74) is 15.4. The predicted octanol–water partition coefficient (Wildman–Crippen LogP) is 2.04. The van der Waals surface area contributed by atoms with Crippen LogP contribution in [0.2, 0.25) is 0 Å². The van der Waals surface area contributed by atoms with Crippen LogP contribution < -0.4 is 11.5 Å². The summed E-state index contributed by atoms with van der Waals surface area (Å²) in [5, 5.41) is 0. The molecule has 0 amide bonds. The SMILES string of the molecule is Cc1ccc([C@@H](N)CCCN)cc1C. The van der Waals surface area contributed by atoms with Crippen LogP contribution >= 0.6 is 0 Å². The predicted molar refractivity (Wildman–Crippen MR) is 61.1 cm³/mol. The van der Waals surface area contributed by atoms with E-state index in [0.29, 0.717) is 0 Å². The van der Waals surface area contributed by atoms with E-state index in [1.165, 1.54) is 16.7 Å². The summed E-state index contributed by atoms with van der Waals surface area (Å²) in [6.45, 7) is 4.96. The highest BCUT2D eigenvalue weighted by Gasteiger charge is 2.05. The van der Waals surface area contributed by atoms with Crippen molar-refractivity contribution in [3.8, 4) is 0 Å². The molecule has 0 aromatic heterocycles. The lowest BCUT2D eigenvalue weighted by Gasteiger charge is -2.12. The van der Waals surface area contributed by atoms with Gasteiger partial charge in [0.05, 0.1) is 0 Å². The lowest BCUT2D eigenvalue weighted by molar-refractivity contribution is 0.617. The summed E-state index contributed by atoms with van der Waals surface area (Å²) >= 11 is 0. The summed E-state index contributed by atoms with van der Waals surface area (Å²) in [6, 6.07) is 6.56. The fourth-order valence-corrected chi connectivity index (χ4v) is 1.50. The van der Waals surface area contributed by atoms with Gasteiger partial charge in [0.15, 0.2) is 0 Å². The third-order valence-electron chi connectivity index (χ3n) is 2.68. The van der Waals surface area contributed by atoms with Gasteiger partial charge in [-0.15, -0.1) is 0 Å². The summed E-state index contributed by atoms with van der Waals surface area (Å²) in [7, 11) is 0. The molecule has 0 aliphatic rings. The largest absolute Gasteiger partial charge is 0.330 e. The van der Waals surface area contributed by atoms with Gasteiger partial charge in [0, 0.05) is 6.04 Å². The Morgan fingerprint density at radius 3 is 2.50 bits per heavy atom. The van der Waals surface area contributed by atoms with Crippen molar-refractivity contribution in [3.05, 3.63) is 34.9 Å². The highest BCUT2D eigenvalue weighted by Crippen LogP contribution is 2.18. The van der Waals surface area contributed by atoms with Crippen LogP contribution in [0.25, 0.3) is 0 Å². The summed E-state index contributed by atoms with van der Waals surface area (Å²) in [5.74, 6) is 0. The molecule has 4 N–H and O–H groups in total. The van der Waals surface area contributed by atoms with E-state index in [0.717, 1.165) is 19.4 Å². The standard InChI is InChI=1S/C12H20N2/c1-9-5-6-11(8-10(9)2)12(14)4-3-7-13/h5-6,8,12H,3-4,7,13-14H2,1-2H3/t12-/m0/s1. The second kappa shape index (κ2) is 5.13. The first-order valence-corrected chi connectivity index (χ1v) is 5.18. The Bertz CT molecular complexity index is 294. The molecule has 0 fully saturated rings. The molecule has 78 valence electrons. The van der Waals surface area contributed by atoms with E-state index in [4.69, 9.17) is 11.5 Å². The molecule has 1 aromatic rings. The van der Waals surface area contributed by atoms with Gasteiger partial charge in [-0.2, -0.15) is 0 Å². The minimum absolute atomic E-state index is 0.137. The van der Waals surface area contributed by atoms with Gasteiger partial charge in [0.2, 0.25) is 0 Å². The molecule has 0 spiro atoms. The Kier molecular flexibility index (Phi) is 4.11. The van der Waals surface area contributed by atoms with E-state index < -0.39 is 0 Å². The van der Waals surface area contributed by atoms with Crippen LogP contribution in [0, 0.1) is 13.8 Å². The van der Waals surface area contributed by atoms with Gasteiger partial charge in [0.25, 0.3) is 0 Å². The van der Waals surface area contributed by atoms with Gasteiger partial charge in [0.1, 0.15) is 0 Å². The zero-order chi connectivity index (χ0) is 10.6. The Morgan fingerprint density at radius 2 is 1.93 bits per heavy atom. The average molecular weight is 192 g/mol. The van der Waals surface area contributed by atoms with Crippen molar-refractivity contribution in [1.82, 2.24) is 0 Å². The molecule has 0 saturated carbocycles. The summed E-state index contributed by atoms with van der Waals surface area (Å²) < 4.78 is 0. The van der Waals surface area contributed by atoms with E-state index in [-0.39, 0.29) is 6.04 Å². The number of benzene rings is 1. The second-order valence-corrected chi connectivity index (χ2v) is 3.88. The van der Waals surface area contributed by atoms with Crippen LogP contribution in [0.15, 0.2) is 18.2 Å². The van der Waals surface area contributed by atoms with Crippen LogP contribution in [-0.2, 0) is 0 Å². The smallest absolute Gasteiger partial charge is 0.0295 e. The average Bonchev–Trinajstić information content (AvgIpc) is 2.18. The first kappa shape index (κ1) is 11.2. The van der Waals surface area contributed by atoms with Crippen LogP contribution in [0.1, 0.15) is 35.6 Å². The van der Waals surface area contributed by atoms with Gasteiger partial charge in [-0.1, -0.05) is 18.2 Å². The number of aryl methyl sites for hydroxylation is 2. The van der Waals surface area contributed by atoms with Crippen molar-refractivity contribution in [1.29, 1.82) is 0 Å². The molecular weight excluding hydrogens is 172 g/mol. The van der Waals surface area contributed by atoms with Crippen LogP contribution in [0.4, 0.5) is 0 Å². The maximum Gasteiger partial charge on any atom is 0.0295 e. The minimum atomic E-state index is 0.137. The Morgan fingerprint density at radius 1 is 1.21 bits per heavy atom. The van der Waals surface area contributed by atoms with Crippen molar-refractivity contribution in [2.24, 2.45) is 11.5 Å². The van der Waals surface area contributed by atoms with Gasteiger partial charge >= 0.3 is 0 Å². The Hall–Kier alpha value is -0.860. The third-order valence-corrected chi connectivity index (χ3v) is 2.68. The van der Waals surface area contributed by atoms with E-state index in [2.05, 4.69) is 32.0 Å². The maximum atomic E-state index is 6.04. The van der Waals surface area contributed by atoms with Gasteiger partial charge in [-0.05, 0) is 49.9 Å². The lowest BCUT2D eigenvalue weighted by atomic mass is 9.99. The van der Waals surface area contributed by atoms with Gasteiger partial charge in [-0.25, -0.2) is 0 Å². The highest BCUT2D eigenvalue weighted by molar-refractivity contribution is 5.31. The first-order valence-electron chi connectivity index (χ1n) is 5.18. The molecule has 0 bridgehead atoms. The second-order valence-electron chi connectivity index (χ2n) is 3.88. The van der Waals surface area contributed by atoms with Crippen molar-refractivity contribution in [2.75, 3.05) is 6.54 Å². The topological polar surface area (TPSA) is 52.0 Å². The minimum Gasteiger partial charge on any atom is -0.330 e. The van der Waals surface area contributed by atoms with Crippen LogP contribution in [0.5, 0.6) is 0 Å². The molecule has 0 saturated heterocycles. The molecule has 0 aliphatic heterocycles. The van der Waals surface area contributed by atoms with Crippen molar-refractivity contribution < 1.29 is 0 Å². The lowest BCUT2D eigenvalue weighted by Crippen LogP contribution is -2.12. The first-order chi connectivity index (χ1) is 6.65. The van der Waals surface area contributed by atoms with Crippen molar-refractivity contribution >= 4 is 0 Å². The van der Waals surface area contributed by atoms with Crippen LogP contribution in [-0.4, -0.2) is 6.54 Å². The Balaban J connectivity index is 2.70. The number of hydrogen-bond acceptors (Lipinski definition) is 2. The van der Waals surface area contributed by atoms with Crippen molar-refractivity contribution in [2.45, 2.75) is 32.7 Å². The van der Waals surface area contributed by atoms with E-state index >= 15 is 0 Å². The zero-order valence-electron chi connectivity index (χ0n) is 9.09. The van der Waals surface area contributed by atoms with Gasteiger partial charge in [-0.3, -0.25) is 0 Å². The molecular formula is C12H20N2. The quantitative estimate of drug-likeness (QED) is 0.767. The summed E-state index contributed by atoms with van der Waals surface area (Å²) in [6.07, 6.45) is 1.97. The molecule has 2 nitrogen and oxygen atoms in total. The molecule has 1 aromatic carbocycles. The normalized spacial score (nSPS) is 12.9. The maximum absolute atomic E-state index is 6.04. The fourth-order valence-electron chi connectivity index (χ4n) is 1.50. The summed E-state index contributed by atoms with van der Waals surface area (Å²) in [4.78, 5) is 0. The molecule has 2 heteroatoms. The van der Waals surface area contributed by atoms with Crippen LogP contribution in [0.3, 0.4) is 0 Å². The van der Waals surface area contributed by atoms with Crippen molar-refractivity contribution in [3.63, 3.8) is 0 Å². The van der Waals surface area contributed by atoms with E-state index in [1.807, 2.05) is 0 Å². The fraction of sp³-hybridized carbons (Fsp3) is 0.500. The molecule has 14 heavy (non-hydrogen) atoms. The molecule has 1 rings (SSSR count). The molecule has 0 radical (unpaired) electrons. The third kappa shape index (κ3) is 2.82. The highest BCUT2D eigenvalue weighted by atomic mass is 14.6. The Labute approximate surface area is 86.3 Å². The molecule has 1 atom stereocenters. The number of hydrogen-bond donors (Lipinski definition) is 2. The zero-order valence-corrected chi connectivity index (χ0v) is 9.09. The molecule has 0 heterocycles. The monoisotopic (exact) mass is 192 g/mol. The molecule has 0 aliphatic carbocycles.